The quantitative estimate of drug-likeness (QED) is 0.883. The maximum absolute atomic E-state index is 12.2. The van der Waals surface area contributed by atoms with E-state index in [2.05, 4.69) is 5.32 Å². The van der Waals surface area contributed by atoms with E-state index in [9.17, 15) is 9.59 Å². The van der Waals surface area contributed by atoms with Crippen molar-refractivity contribution in [2.24, 2.45) is 0 Å². The molecule has 1 N–H and O–H groups in total. The number of carbonyl (C=O) groups is 2. The van der Waals surface area contributed by atoms with Gasteiger partial charge in [-0.3, -0.25) is 14.4 Å². The molecule has 5 nitrogen and oxygen atoms in total. The lowest BCUT2D eigenvalue weighted by atomic mass is 10.1. The van der Waals surface area contributed by atoms with Crippen molar-refractivity contribution < 1.29 is 14.4 Å². The fourth-order valence-electron chi connectivity index (χ4n) is 1.90. The van der Waals surface area contributed by atoms with Crippen molar-refractivity contribution >= 4 is 17.5 Å². The first kappa shape index (κ1) is 15.7. The fraction of sp³-hybridized carbons (Fsp3) is 0.176. The van der Waals surface area contributed by atoms with Crippen molar-refractivity contribution in [3.05, 3.63) is 65.2 Å². The van der Waals surface area contributed by atoms with Crippen LogP contribution in [0, 0.1) is 6.92 Å². The summed E-state index contributed by atoms with van der Waals surface area (Å²) >= 11 is 0. The molecular weight excluding hydrogens is 280 g/mol. The Bertz CT molecular complexity index is 681. The zero-order valence-electron chi connectivity index (χ0n) is 12.8. The number of hydroxylamine groups is 2. The van der Waals surface area contributed by atoms with E-state index in [1.165, 1.54) is 14.2 Å². The first-order valence-electron chi connectivity index (χ1n) is 6.81. The summed E-state index contributed by atoms with van der Waals surface area (Å²) in [5.41, 5.74) is 2.65. The van der Waals surface area contributed by atoms with Crippen molar-refractivity contribution in [2.45, 2.75) is 6.92 Å². The Morgan fingerprint density at radius 2 is 1.73 bits per heavy atom. The van der Waals surface area contributed by atoms with E-state index in [1.54, 1.807) is 36.4 Å². The molecule has 0 saturated heterocycles. The van der Waals surface area contributed by atoms with E-state index >= 15 is 0 Å². The Balaban J connectivity index is 2.15. The molecule has 2 aromatic carbocycles. The van der Waals surface area contributed by atoms with E-state index in [0.29, 0.717) is 16.8 Å². The number of benzene rings is 2. The van der Waals surface area contributed by atoms with Gasteiger partial charge in [-0.1, -0.05) is 23.8 Å². The van der Waals surface area contributed by atoms with Crippen LogP contribution in [0.1, 0.15) is 26.3 Å². The molecule has 0 heterocycles. The molecule has 0 saturated carbocycles. The van der Waals surface area contributed by atoms with Gasteiger partial charge >= 0.3 is 0 Å². The molecule has 5 heteroatoms. The highest BCUT2D eigenvalue weighted by molar-refractivity contribution is 6.05. The summed E-state index contributed by atoms with van der Waals surface area (Å²) in [6.45, 7) is 1.96. The largest absolute Gasteiger partial charge is 0.322 e. The molecule has 0 aliphatic carbocycles. The monoisotopic (exact) mass is 298 g/mol. The summed E-state index contributed by atoms with van der Waals surface area (Å²) in [5, 5.41) is 3.91. The lowest BCUT2D eigenvalue weighted by Gasteiger charge is -2.14. The van der Waals surface area contributed by atoms with Gasteiger partial charge in [0.2, 0.25) is 0 Å². The predicted octanol–water partition coefficient (Wildman–Crippen LogP) is 2.88. The maximum atomic E-state index is 12.2. The number of rotatable bonds is 4. The minimum absolute atomic E-state index is 0.218. The molecule has 2 amide bonds. The van der Waals surface area contributed by atoms with Gasteiger partial charge < -0.3 is 5.32 Å². The third-order valence-corrected chi connectivity index (χ3v) is 3.24. The standard InChI is InChI=1S/C17H18N2O3/c1-12-7-9-13(10-8-12)16(20)18-15-6-4-5-14(11-15)17(21)19(2)22-3/h4-11H,1-3H3,(H,18,20). The molecule has 0 spiro atoms. The highest BCUT2D eigenvalue weighted by Gasteiger charge is 2.12. The molecule has 0 bridgehead atoms. The third kappa shape index (κ3) is 3.71. The van der Waals surface area contributed by atoms with E-state index in [0.717, 1.165) is 10.6 Å². The second-order valence-corrected chi connectivity index (χ2v) is 4.89. The first-order chi connectivity index (χ1) is 10.5. The summed E-state index contributed by atoms with van der Waals surface area (Å²) < 4.78 is 0. The molecule has 0 fully saturated rings. The molecule has 114 valence electrons. The van der Waals surface area contributed by atoms with Crippen LogP contribution in [-0.2, 0) is 4.84 Å². The average Bonchev–Trinajstić information content (AvgIpc) is 2.54. The summed E-state index contributed by atoms with van der Waals surface area (Å²) in [6.07, 6.45) is 0. The Labute approximate surface area is 129 Å². The van der Waals surface area contributed by atoms with Gasteiger partial charge in [0.05, 0.1) is 7.11 Å². The maximum Gasteiger partial charge on any atom is 0.277 e. The van der Waals surface area contributed by atoms with Crippen LogP contribution >= 0.6 is 0 Å². The third-order valence-electron chi connectivity index (χ3n) is 3.24. The fourth-order valence-corrected chi connectivity index (χ4v) is 1.90. The molecular formula is C17H18N2O3. The summed E-state index contributed by atoms with van der Waals surface area (Å²) in [4.78, 5) is 29.0. The van der Waals surface area contributed by atoms with E-state index < -0.39 is 0 Å². The number of carbonyl (C=O) groups excluding carboxylic acids is 2. The number of aryl methyl sites for hydroxylation is 1. The Morgan fingerprint density at radius 1 is 1.05 bits per heavy atom. The SMILES string of the molecule is CON(C)C(=O)c1cccc(NC(=O)c2ccc(C)cc2)c1. The molecule has 0 atom stereocenters. The van der Waals surface area contributed by atoms with Gasteiger partial charge in [0.1, 0.15) is 0 Å². The number of hydrogen-bond acceptors (Lipinski definition) is 3. The number of anilines is 1. The zero-order valence-corrected chi connectivity index (χ0v) is 12.8. The molecule has 0 unspecified atom stereocenters. The van der Waals surface area contributed by atoms with Gasteiger partial charge in [-0.25, -0.2) is 5.06 Å². The van der Waals surface area contributed by atoms with Crippen LogP contribution in [-0.4, -0.2) is 31.0 Å². The molecule has 0 radical (unpaired) electrons. The molecule has 22 heavy (non-hydrogen) atoms. The Hall–Kier alpha value is -2.66. The van der Waals surface area contributed by atoms with Gasteiger partial charge in [0, 0.05) is 23.9 Å². The van der Waals surface area contributed by atoms with Crippen LogP contribution in [0.5, 0.6) is 0 Å². The van der Waals surface area contributed by atoms with Crippen LogP contribution in [0.25, 0.3) is 0 Å². The summed E-state index contributed by atoms with van der Waals surface area (Å²) in [7, 11) is 2.95. The van der Waals surface area contributed by atoms with Crippen molar-refractivity contribution in [1.82, 2.24) is 5.06 Å². The summed E-state index contributed by atoms with van der Waals surface area (Å²) in [5.74, 6) is -0.501. The van der Waals surface area contributed by atoms with Crippen LogP contribution in [0.15, 0.2) is 48.5 Å². The van der Waals surface area contributed by atoms with Gasteiger partial charge in [0.15, 0.2) is 0 Å². The van der Waals surface area contributed by atoms with Gasteiger partial charge in [-0.15, -0.1) is 0 Å². The van der Waals surface area contributed by atoms with Gasteiger partial charge in [-0.05, 0) is 37.3 Å². The molecule has 0 aromatic heterocycles. The minimum Gasteiger partial charge on any atom is -0.322 e. The molecule has 2 aromatic rings. The van der Waals surface area contributed by atoms with Gasteiger partial charge in [0.25, 0.3) is 11.8 Å². The smallest absolute Gasteiger partial charge is 0.277 e. The normalized spacial score (nSPS) is 10.1. The van der Waals surface area contributed by atoms with Gasteiger partial charge in [-0.2, -0.15) is 0 Å². The van der Waals surface area contributed by atoms with Crippen LogP contribution in [0.3, 0.4) is 0 Å². The van der Waals surface area contributed by atoms with E-state index in [-0.39, 0.29) is 11.8 Å². The number of hydrogen-bond donors (Lipinski definition) is 1. The van der Waals surface area contributed by atoms with Crippen molar-refractivity contribution in [2.75, 3.05) is 19.5 Å². The van der Waals surface area contributed by atoms with Crippen LogP contribution in [0.4, 0.5) is 5.69 Å². The highest BCUT2D eigenvalue weighted by Crippen LogP contribution is 2.14. The average molecular weight is 298 g/mol. The molecule has 0 aliphatic heterocycles. The zero-order chi connectivity index (χ0) is 16.1. The number of nitrogens with one attached hydrogen (secondary N) is 1. The molecule has 2 rings (SSSR count). The second kappa shape index (κ2) is 6.87. The van der Waals surface area contributed by atoms with Crippen LogP contribution in [0.2, 0.25) is 0 Å². The Kier molecular flexibility index (Phi) is 4.91. The minimum atomic E-state index is -0.283. The number of nitrogens with zero attached hydrogens (tertiary/aromatic N) is 1. The Morgan fingerprint density at radius 3 is 2.36 bits per heavy atom. The van der Waals surface area contributed by atoms with E-state index in [4.69, 9.17) is 4.84 Å². The summed E-state index contributed by atoms with van der Waals surface area (Å²) in [6, 6.07) is 14.0. The van der Waals surface area contributed by atoms with Crippen LogP contribution < -0.4 is 5.32 Å². The van der Waals surface area contributed by atoms with Crippen molar-refractivity contribution in [1.29, 1.82) is 0 Å². The topological polar surface area (TPSA) is 58.6 Å². The highest BCUT2D eigenvalue weighted by atomic mass is 16.7. The predicted molar refractivity (Wildman–Crippen MR) is 84.7 cm³/mol. The number of amides is 2. The lowest BCUT2D eigenvalue weighted by Crippen LogP contribution is -2.25. The second-order valence-electron chi connectivity index (χ2n) is 4.89. The lowest BCUT2D eigenvalue weighted by molar-refractivity contribution is -0.0756. The van der Waals surface area contributed by atoms with Crippen molar-refractivity contribution in [3.8, 4) is 0 Å². The molecule has 0 aliphatic rings. The van der Waals surface area contributed by atoms with E-state index in [1.807, 2.05) is 19.1 Å². The first-order valence-corrected chi connectivity index (χ1v) is 6.81. The van der Waals surface area contributed by atoms with Crippen molar-refractivity contribution in [3.63, 3.8) is 0 Å².